The first-order valence-electron chi connectivity index (χ1n) is 3.26. The maximum Gasteiger partial charge on any atom is 0.293 e. The highest BCUT2D eigenvalue weighted by molar-refractivity contribution is 6.30. The zero-order chi connectivity index (χ0) is 11.1. The molecule has 0 saturated carbocycles. The molecule has 0 unspecified atom stereocenters. The Hall–Kier alpha value is -1.91. The number of nitro groups is 1. The summed E-state index contributed by atoms with van der Waals surface area (Å²) >= 11 is 5.50. The van der Waals surface area contributed by atoms with Gasteiger partial charge in [0.05, 0.1) is 4.92 Å². The molecule has 74 valence electrons. The van der Waals surface area contributed by atoms with Gasteiger partial charge in [-0.15, -0.1) is 0 Å². The van der Waals surface area contributed by atoms with E-state index in [9.17, 15) is 10.1 Å². The number of halogens is 1. The lowest BCUT2D eigenvalue weighted by Crippen LogP contribution is -1.94. The number of carbonyl (C=O) groups excluding carboxylic acids is 1. The fraction of sp³-hybridized carbons (Fsp3) is 0. The van der Waals surface area contributed by atoms with E-state index in [1.165, 1.54) is 18.2 Å². The molecule has 0 radical (unpaired) electrons. The minimum atomic E-state index is -0.568. The van der Waals surface area contributed by atoms with E-state index in [0.717, 1.165) is 6.08 Å². The lowest BCUT2D eigenvalue weighted by molar-refractivity contribution is -0.383. The molecule has 0 aliphatic carbocycles. The van der Waals surface area contributed by atoms with Gasteiger partial charge in [-0.2, -0.15) is 0 Å². The number of rotatable bonds is 1. The first kappa shape index (κ1) is 12.1. The van der Waals surface area contributed by atoms with E-state index in [0.29, 0.717) is 5.02 Å². The molecule has 0 fully saturated rings. The van der Waals surface area contributed by atoms with Crippen LogP contribution in [0.15, 0.2) is 18.2 Å². The summed E-state index contributed by atoms with van der Waals surface area (Å²) in [7, 11) is 0. The van der Waals surface area contributed by atoms with Gasteiger partial charge in [0, 0.05) is 11.1 Å². The van der Waals surface area contributed by atoms with Crippen LogP contribution < -0.4 is 5.73 Å². The number of nitrogens with two attached hydrogens (primary N) is 1. The fourth-order valence-corrected chi connectivity index (χ4v) is 0.841. The third-order valence-corrected chi connectivity index (χ3v) is 1.42. The van der Waals surface area contributed by atoms with Gasteiger partial charge in [0.2, 0.25) is 6.08 Å². The highest BCUT2D eigenvalue weighted by Gasteiger charge is 2.10. The summed E-state index contributed by atoms with van der Waals surface area (Å²) in [6, 6.07) is 4.13. The molecule has 0 aromatic heterocycles. The number of nitrogen functional groups attached to an aromatic ring is 1. The molecule has 0 aliphatic rings. The first-order chi connectivity index (χ1) is 6.52. The van der Waals surface area contributed by atoms with Gasteiger partial charge < -0.3 is 5.73 Å². The number of benzene rings is 1. The average Bonchev–Trinajstić information content (AvgIpc) is 2.10. The van der Waals surface area contributed by atoms with Crippen molar-refractivity contribution in [3.05, 3.63) is 33.3 Å². The van der Waals surface area contributed by atoms with E-state index in [1.54, 1.807) is 0 Å². The predicted octanol–water partition coefficient (Wildman–Crippen LogP) is 1.73. The third-order valence-electron chi connectivity index (χ3n) is 1.19. The van der Waals surface area contributed by atoms with Gasteiger partial charge >= 0.3 is 0 Å². The van der Waals surface area contributed by atoms with Gasteiger partial charge in [0.25, 0.3) is 5.69 Å². The SMILES string of the molecule is N=C=O.Nc1ccc(Cl)cc1[N+](=O)[O-]. The minimum absolute atomic E-state index is 0.124. The molecule has 1 aromatic rings. The van der Waals surface area contributed by atoms with E-state index in [-0.39, 0.29) is 11.4 Å². The number of nitrogens with zero attached hydrogens (tertiary/aromatic N) is 1. The molecular formula is C7H6ClN3O3. The Labute approximate surface area is 83.9 Å². The number of isocyanates is 1. The molecule has 1 rings (SSSR count). The zero-order valence-electron chi connectivity index (χ0n) is 6.86. The number of anilines is 1. The average molecular weight is 216 g/mol. The number of hydrogen-bond acceptors (Lipinski definition) is 5. The highest BCUT2D eigenvalue weighted by Crippen LogP contribution is 2.24. The molecule has 7 heteroatoms. The van der Waals surface area contributed by atoms with E-state index >= 15 is 0 Å². The molecule has 3 N–H and O–H groups in total. The molecule has 0 saturated heterocycles. The van der Waals surface area contributed by atoms with E-state index in [2.05, 4.69) is 0 Å². The molecule has 6 nitrogen and oxygen atoms in total. The van der Waals surface area contributed by atoms with Crippen LogP contribution in [0.25, 0.3) is 0 Å². The van der Waals surface area contributed by atoms with Gasteiger partial charge in [0.15, 0.2) is 0 Å². The highest BCUT2D eigenvalue weighted by atomic mass is 35.5. The van der Waals surface area contributed by atoms with Crippen LogP contribution in [0.1, 0.15) is 0 Å². The van der Waals surface area contributed by atoms with E-state index < -0.39 is 4.92 Å². The van der Waals surface area contributed by atoms with Crippen molar-refractivity contribution in [2.45, 2.75) is 0 Å². The van der Waals surface area contributed by atoms with Crippen LogP contribution in [-0.4, -0.2) is 11.0 Å². The van der Waals surface area contributed by atoms with Crippen LogP contribution in [0.2, 0.25) is 5.02 Å². The van der Waals surface area contributed by atoms with Crippen molar-refractivity contribution in [1.82, 2.24) is 0 Å². The minimum Gasteiger partial charge on any atom is -0.393 e. The Balaban J connectivity index is 0.000000500. The summed E-state index contributed by atoms with van der Waals surface area (Å²) in [6.07, 6.45) is 0.750. The van der Waals surface area contributed by atoms with Gasteiger partial charge in [-0.05, 0) is 12.1 Å². The lowest BCUT2D eigenvalue weighted by Gasteiger charge is -1.95. The monoisotopic (exact) mass is 215 g/mol. The van der Waals surface area contributed by atoms with Crippen molar-refractivity contribution in [2.75, 3.05) is 5.73 Å². The molecule has 0 atom stereocenters. The van der Waals surface area contributed by atoms with E-state index in [4.69, 9.17) is 27.5 Å². The second kappa shape index (κ2) is 5.69. The van der Waals surface area contributed by atoms with Crippen LogP contribution in [0, 0.1) is 15.5 Å². The quantitative estimate of drug-likeness (QED) is 0.244. The largest absolute Gasteiger partial charge is 0.393 e. The number of nitro benzene ring substituents is 1. The Morgan fingerprint density at radius 1 is 1.57 bits per heavy atom. The Morgan fingerprint density at radius 3 is 2.43 bits per heavy atom. The molecular weight excluding hydrogens is 210 g/mol. The molecule has 0 spiro atoms. The molecule has 1 aromatic carbocycles. The summed E-state index contributed by atoms with van der Waals surface area (Å²) in [4.78, 5) is 18.0. The van der Waals surface area contributed by atoms with Crippen molar-refractivity contribution < 1.29 is 9.72 Å². The smallest absolute Gasteiger partial charge is 0.293 e. The number of hydrogen-bond donors (Lipinski definition) is 2. The van der Waals surface area contributed by atoms with Gasteiger partial charge in [0.1, 0.15) is 5.69 Å². The Kier molecular flexibility index (Phi) is 4.91. The first-order valence-corrected chi connectivity index (χ1v) is 3.64. The van der Waals surface area contributed by atoms with Gasteiger partial charge in [-0.3, -0.25) is 10.1 Å². The third kappa shape index (κ3) is 3.66. The summed E-state index contributed by atoms with van der Waals surface area (Å²) in [5.74, 6) is 0. The summed E-state index contributed by atoms with van der Waals surface area (Å²) in [6.45, 7) is 0. The molecule has 0 amide bonds. The normalized spacial score (nSPS) is 8.07. The Bertz CT molecular complexity index is 374. The van der Waals surface area contributed by atoms with E-state index in [1.807, 2.05) is 0 Å². The second-order valence-corrected chi connectivity index (χ2v) is 2.50. The van der Waals surface area contributed by atoms with Gasteiger partial charge in [-0.25, -0.2) is 10.2 Å². The lowest BCUT2D eigenvalue weighted by atomic mass is 10.3. The maximum absolute atomic E-state index is 10.2. The van der Waals surface area contributed by atoms with Crippen molar-refractivity contribution in [3.63, 3.8) is 0 Å². The second-order valence-electron chi connectivity index (χ2n) is 2.06. The molecule has 14 heavy (non-hydrogen) atoms. The molecule has 0 aliphatic heterocycles. The molecule has 0 bridgehead atoms. The standard InChI is InChI=1S/C6H5ClN2O2.CHNO/c7-4-1-2-5(8)6(3-4)9(10)11;2-1-3/h1-3H,8H2;2H. The van der Waals surface area contributed by atoms with Gasteiger partial charge in [-0.1, -0.05) is 11.6 Å². The summed E-state index contributed by atoms with van der Waals surface area (Å²) in [5.41, 5.74) is 5.26. The maximum atomic E-state index is 10.2. The van der Waals surface area contributed by atoms with Crippen molar-refractivity contribution in [1.29, 1.82) is 5.41 Å². The summed E-state index contributed by atoms with van der Waals surface area (Å²) in [5, 5.41) is 16.0. The molecule has 0 heterocycles. The van der Waals surface area contributed by atoms with Crippen molar-refractivity contribution in [2.24, 2.45) is 0 Å². The van der Waals surface area contributed by atoms with Crippen LogP contribution in [-0.2, 0) is 4.79 Å². The Morgan fingerprint density at radius 2 is 2.07 bits per heavy atom. The van der Waals surface area contributed by atoms with Crippen LogP contribution in [0.3, 0.4) is 0 Å². The van der Waals surface area contributed by atoms with Crippen molar-refractivity contribution in [3.8, 4) is 0 Å². The topological polar surface area (TPSA) is 110 Å². The fourth-order valence-electron chi connectivity index (χ4n) is 0.675. The van der Waals surface area contributed by atoms with Crippen LogP contribution in [0.4, 0.5) is 11.4 Å². The number of nitrogens with one attached hydrogen (secondary N) is 1. The summed E-state index contributed by atoms with van der Waals surface area (Å²) < 4.78 is 0. The van der Waals surface area contributed by atoms with Crippen LogP contribution >= 0.6 is 11.6 Å². The predicted molar refractivity (Wildman–Crippen MR) is 50.9 cm³/mol. The van der Waals surface area contributed by atoms with Crippen LogP contribution in [0.5, 0.6) is 0 Å². The zero-order valence-corrected chi connectivity index (χ0v) is 7.62. The van der Waals surface area contributed by atoms with Crippen molar-refractivity contribution >= 4 is 29.1 Å².